The average molecular weight is 340 g/mol. The number of hydrogen-bond donors (Lipinski definition) is 1. The first kappa shape index (κ1) is 15.8. The van der Waals surface area contributed by atoms with Crippen molar-refractivity contribution in [3.63, 3.8) is 0 Å². The van der Waals surface area contributed by atoms with E-state index >= 15 is 0 Å². The van der Waals surface area contributed by atoms with E-state index in [1.807, 2.05) is 10.8 Å². The molecule has 0 radical (unpaired) electrons. The van der Waals surface area contributed by atoms with Crippen LogP contribution in [0.5, 0.6) is 0 Å². The van der Waals surface area contributed by atoms with Crippen molar-refractivity contribution in [3.8, 4) is 0 Å². The standard InChI is InChI=1S/C18H20N4O3/c1-3-22-8-7-19-17(22)16-14(6-9-24-16)21-18(23)12-4-5-13-15(10-12)25-11(2)20-13/h4-5,7-8,10,14,16H,3,6,9H2,1-2H3,(H,21,23)/t14-,16-/m0/s1. The molecule has 0 bridgehead atoms. The molecular formula is C18H20N4O3. The van der Waals surface area contributed by atoms with Crippen molar-refractivity contribution in [3.05, 3.63) is 47.9 Å². The van der Waals surface area contributed by atoms with Crippen LogP contribution in [-0.2, 0) is 11.3 Å². The third kappa shape index (κ3) is 2.91. The number of amides is 1. The maximum atomic E-state index is 12.7. The highest BCUT2D eigenvalue weighted by atomic mass is 16.5. The molecule has 7 nitrogen and oxygen atoms in total. The molecule has 2 atom stereocenters. The van der Waals surface area contributed by atoms with E-state index in [4.69, 9.17) is 9.15 Å². The Kier molecular flexibility index (Phi) is 4.01. The number of aromatic nitrogens is 3. The molecule has 1 N–H and O–H groups in total. The SMILES string of the molecule is CCn1ccnc1[C@H]1OCC[C@@H]1NC(=O)c1ccc2nc(C)oc2c1. The number of benzene rings is 1. The minimum absolute atomic E-state index is 0.104. The first-order chi connectivity index (χ1) is 12.2. The van der Waals surface area contributed by atoms with Crippen molar-refractivity contribution in [1.29, 1.82) is 0 Å². The van der Waals surface area contributed by atoms with Gasteiger partial charge in [0.2, 0.25) is 0 Å². The van der Waals surface area contributed by atoms with E-state index in [0.717, 1.165) is 24.3 Å². The third-order valence-corrected chi connectivity index (χ3v) is 4.51. The van der Waals surface area contributed by atoms with Crippen molar-refractivity contribution in [1.82, 2.24) is 19.9 Å². The fraction of sp³-hybridized carbons (Fsp3) is 0.389. The average Bonchev–Trinajstić information content (AvgIpc) is 3.31. The first-order valence-electron chi connectivity index (χ1n) is 8.46. The molecule has 0 spiro atoms. The second kappa shape index (κ2) is 6.33. The van der Waals surface area contributed by atoms with Gasteiger partial charge in [0, 0.05) is 38.0 Å². The Morgan fingerprint density at radius 2 is 2.32 bits per heavy atom. The van der Waals surface area contributed by atoms with Gasteiger partial charge >= 0.3 is 0 Å². The maximum absolute atomic E-state index is 12.7. The fourth-order valence-electron chi connectivity index (χ4n) is 3.27. The Balaban J connectivity index is 1.54. The quantitative estimate of drug-likeness (QED) is 0.789. The van der Waals surface area contributed by atoms with Crippen LogP contribution < -0.4 is 5.32 Å². The van der Waals surface area contributed by atoms with Gasteiger partial charge in [0.05, 0.1) is 6.04 Å². The molecule has 1 aliphatic heterocycles. The third-order valence-electron chi connectivity index (χ3n) is 4.51. The number of carbonyl (C=O) groups is 1. The molecule has 1 aliphatic rings. The summed E-state index contributed by atoms with van der Waals surface area (Å²) in [6.07, 6.45) is 4.22. The van der Waals surface area contributed by atoms with Crippen molar-refractivity contribution >= 4 is 17.0 Å². The van der Waals surface area contributed by atoms with Crippen molar-refractivity contribution in [2.45, 2.75) is 39.0 Å². The number of nitrogens with one attached hydrogen (secondary N) is 1. The Hall–Kier alpha value is -2.67. The number of hydrogen-bond acceptors (Lipinski definition) is 5. The number of carbonyl (C=O) groups excluding carboxylic acids is 1. The van der Waals surface area contributed by atoms with E-state index in [0.29, 0.717) is 23.6 Å². The summed E-state index contributed by atoms with van der Waals surface area (Å²) in [4.78, 5) is 21.3. The summed E-state index contributed by atoms with van der Waals surface area (Å²) in [5, 5.41) is 3.08. The molecule has 1 fully saturated rings. The summed E-state index contributed by atoms with van der Waals surface area (Å²) < 4.78 is 13.4. The molecule has 1 aromatic carbocycles. The number of rotatable bonds is 4. The molecule has 3 aromatic rings. The lowest BCUT2D eigenvalue weighted by Gasteiger charge is -2.20. The Bertz CT molecular complexity index is 914. The minimum atomic E-state index is -0.227. The summed E-state index contributed by atoms with van der Waals surface area (Å²) in [5.74, 6) is 1.29. The molecule has 0 unspecified atom stereocenters. The number of nitrogens with zero attached hydrogens (tertiary/aromatic N) is 3. The van der Waals surface area contributed by atoms with Gasteiger partial charge in [-0.15, -0.1) is 0 Å². The van der Waals surface area contributed by atoms with Crippen LogP contribution in [0.25, 0.3) is 11.1 Å². The molecule has 25 heavy (non-hydrogen) atoms. The number of fused-ring (bicyclic) bond motifs is 1. The van der Waals surface area contributed by atoms with Crippen LogP contribution in [0.3, 0.4) is 0 Å². The van der Waals surface area contributed by atoms with Gasteiger partial charge in [-0.05, 0) is 31.5 Å². The van der Waals surface area contributed by atoms with Crippen molar-refractivity contribution in [2.75, 3.05) is 6.61 Å². The molecule has 130 valence electrons. The first-order valence-corrected chi connectivity index (χ1v) is 8.46. The lowest BCUT2D eigenvalue weighted by atomic mass is 10.1. The molecular weight excluding hydrogens is 320 g/mol. The van der Waals surface area contributed by atoms with Crippen LogP contribution >= 0.6 is 0 Å². The molecule has 3 heterocycles. The zero-order valence-electron chi connectivity index (χ0n) is 14.2. The highest BCUT2D eigenvalue weighted by molar-refractivity contribution is 5.97. The van der Waals surface area contributed by atoms with E-state index in [1.54, 1.807) is 31.3 Å². The van der Waals surface area contributed by atoms with Crippen LogP contribution in [-0.4, -0.2) is 33.1 Å². The van der Waals surface area contributed by atoms with Crippen LogP contribution in [0, 0.1) is 6.92 Å². The van der Waals surface area contributed by atoms with Crippen molar-refractivity contribution in [2.24, 2.45) is 0 Å². The maximum Gasteiger partial charge on any atom is 0.251 e. The Morgan fingerprint density at radius 3 is 3.16 bits per heavy atom. The fourth-order valence-corrected chi connectivity index (χ4v) is 3.27. The monoisotopic (exact) mass is 340 g/mol. The topological polar surface area (TPSA) is 82.2 Å². The van der Waals surface area contributed by atoms with Gasteiger partial charge in [-0.2, -0.15) is 0 Å². The van der Waals surface area contributed by atoms with E-state index in [-0.39, 0.29) is 18.1 Å². The van der Waals surface area contributed by atoms with E-state index in [9.17, 15) is 4.79 Å². The van der Waals surface area contributed by atoms with Gasteiger partial charge in [0.1, 0.15) is 17.4 Å². The van der Waals surface area contributed by atoms with Gasteiger partial charge in [-0.25, -0.2) is 9.97 Å². The van der Waals surface area contributed by atoms with Gasteiger partial charge < -0.3 is 19.0 Å². The summed E-state index contributed by atoms with van der Waals surface area (Å²) >= 11 is 0. The number of ether oxygens (including phenoxy) is 1. The molecule has 2 aromatic heterocycles. The largest absolute Gasteiger partial charge is 0.441 e. The number of imidazole rings is 1. The lowest BCUT2D eigenvalue weighted by molar-refractivity contribution is 0.0775. The summed E-state index contributed by atoms with van der Waals surface area (Å²) in [6, 6.07) is 5.18. The second-order valence-corrected chi connectivity index (χ2v) is 6.15. The molecule has 1 amide bonds. The number of oxazole rings is 1. The summed E-state index contributed by atoms with van der Waals surface area (Å²) in [5.41, 5.74) is 1.92. The van der Waals surface area contributed by atoms with Gasteiger partial charge in [-0.1, -0.05) is 0 Å². The van der Waals surface area contributed by atoms with Crippen LogP contribution in [0.4, 0.5) is 0 Å². The summed E-state index contributed by atoms with van der Waals surface area (Å²) in [6.45, 7) is 5.27. The Labute approximate surface area is 145 Å². The summed E-state index contributed by atoms with van der Waals surface area (Å²) in [7, 11) is 0. The van der Waals surface area contributed by atoms with E-state index in [1.165, 1.54) is 0 Å². The lowest BCUT2D eigenvalue weighted by Crippen LogP contribution is -2.37. The van der Waals surface area contributed by atoms with Crippen LogP contribution in [0.2, 0.25) is 0 Å². The van der Waals surface area contributed by atoms with Crippen molar-refractivity contribution < 1.29 is 13.9 Å². The second-order valence-electron chi connectivity index (χ2n) is 6.15. The van der Waals surface area contributed by atoms with Gasteiger partial charge in [0.25, 0.3) is 5.91 Å². The van der Waals surface area contributed by atoms with Gasteiger partial charge in [0.15, 0.2) is 11.5 Å². The highest BCUT2D eigenvalue weighted by Gasteiger charge is 2.34. The zero-order valence-corrected chi connectivity index (χ0v) is 14.2. The van der Waals surface area contributed by atoms with Gasteiger partial charge in [-0.3, -0.25) is 4.79 Å². The predicted octanol–water partition coefficient (Wildman–Crippen LogP) is 2.61. The zero-order chi connectivity index (χ0) is 17.4. The highest BCUT2D eigenvalue weighted by Crippen LogP contribution is 2.28. The smallest absolute Gasteiger partial charge is 0.251 e. The molecule has 1 saturated heterocycles. The number of aryl methyl sites for hydroxylation is 2. The van der Waals surface area contributed by atoms with E-state index < -0.39 is 0 Å². The molecule has 7 heteroatoms. The normalized spacial score (nSPS) is 20.2. The molecule has 0 aliphatic carbocycles. The van der Waals surface area contributed by atoms with Crippen LogP contribution in [0.1, 0.15) is 41.5 Å². The molecule has 4 rings (SSSR count). The van der Waals surface area contributed by atoms with E-state index in [2.05, 4.69) is 22.2 Å². The predicted molar refractivity (Wildman–Crippen MR) is 91.2 cm³/mol. The van der Waals surface area contributed by atoms with Crippen LogP contribution in [0.15, 0.2) is 35.0 Å². The minimum Gasteiger partial charge on any atom is -0.441 e. The molecule has 0 saturated carbocycles. The Morgan fingerprint density at radius 1 is 1.44 bits per heavy atom.